The number of aliphatic carboxylic acids is 1. The molecule has 2 aromatic carbocycles. The number of hydrogen-bond acceptors (Lipinski definition) is 5. The average molecular weight is 620 g/mol. The Morgan fingerprint density at radius 3 is 2.58 bits per heavy atom. The first-order chi connectivity index (χ1) is 21.6. The van der Waals surface area contributed by atoms with Crippen LogP contribution in [-0.2, 0) is 22.6 Å². The summed E-state index contributed by atoms with van der Waals surface area (Å²) in [4.78, 5) is 31.0. The lowest BCUT2D eigenvalue weighted by molar-refractivity contribution is -0.870. The van der Waals surface area contributed by atoms with Crippen LogP contribution in [0.4, 0.5) is 0 Å². The molecule has 3 aromatic rings. The van der Waals surface area contributed by atoms with Crippen LogP contribution in [0.5, 0.6) is 11.6 Å². The van der Waals surface area contributed by atoms with E-state index in [1.54, 1.807) is 0 Å². The predicted octanol–water partition coefficient (Wildman–Crippen LogP) is 4.96. The molecule has 0 aliphatic carbocycles. The molecule has 2 N–H and O–H groups in total. The standard InChI is InChI=1S/C36H50N4O5/c1-5-6-17-37(18-9-10-20-40(2,3)4)33(41)25-39-24-30(26-13-14-32-27(22-26)16-21-45-32)34(36(43)44)31(39)15-19-38-23-28-11-7-8-12-29(28)35(38)42/h7-8,11-14,22-23,30-31,34H,5-6,9-10,15-21,24-25H2,1-4H3,(H-,42,43,44)/p+1/t30-,31+,34-/m1/s1. The Bertz CT molecular complexity index is 1480. The number of nitrogens with zero attached hydrogens (tertiary/aromatic N) is 4. The summed E-state index contributed by atoms with van der Waals surface area (Å²) in [5.74, 6) is -0.648. The van der Waals surface area contributed by atoms with Gasteiger partial charge in [-0.15, -0.1) is 0 Å². The molecule has 9 nitrogen and oxygen atoms in total. The first-order valence-corrected chi connectivity index (χ1v) is 16.6. The van der Waals surface area contributed by atoms with Crippen molar-refractivity contribution < 1.29 is 29.0 Å². The van der Waals surface area contributed by atoms with Crippen molar-refractivity contribution in [3.63, 3.8) is 0 Å². The molecular weight excluding hydrogens is 568 g/mol. The highest BCUT2D eigenvalue weighted by Gasteiger charge is 2.47. The van der Waals surface area contributed by atoms with E-state index in [2.05, 4.69) is 39.0 Å². The normalized spacial score (nSPS) is 20.0. The first kappa shape index (κ1) is 32.8. The Morgan fingerprint density at radius 2 is 1.84 bits per heavy atom. The van der Waals surface area contributed by atoms with Gasteiger partial charge in [-0.3, -0.25) is 14.5 Å². The zero-order chi connectivity index (χ0) is 32.1. The van der Waals surface area contributed by atoms with Crippen molar-refractivity contribution in [3.8, 4) is 11.6 Å². The smallest absolute Gasteiger partial charge is 0.308 e. The summed E-state index contributed by atoms with van der Waals surface area (Å²) in [6.07, 6.45) is 7.20. The monoisotopic (exact) mass is 619 g/mol. The number of likely N-dealkylation sites (tertiary alicyclic amines) is 1. The van der Waals surface area contributed by atoms with Gasteiger partial charge in [0.15, 0.2) is 5.88 Å². The summed E-state index contributed by atoms with van der Waals surface area (Å²) in [5.41, 5.74) is 2.11. The Morgan fingerprint density at radius 1 is 1.07 bits per heavy atom. The fourth-order valence-corrected chi connectivity index (χ4v) is 7.14. The molecule has 0 unspecified atom stereocenters. The van der Waals surface area contributed by atoms with Crippen molar-refractivity contribution in [1.29, 1.82) is 0 Å². The second-order valence-corrected chi connectivity index (χ2v) is 13.9. The van der Waals surface area contributed by atoms with E-state index in [9.17, 15) is 19.8 Å². The number of fused-ring (bicyclic) bond motifs is 2. The molecule has 1 aromatic heterocycles. The number of aromatic nitrogens is 1. The fraction of sp³-hybridized carbons (Fsp3) is 0.556. The van der Waals surface area contributed by atoms with Crippen LogP contribution in [0, 0.1) is 5.92 Å². The summed E-state index contributed by atoms with van der Waals surface area (Å²) in [7, 11) is 6.56. The van der Waals surface area contributed by atoms with Gasteiger partial charge in [-0.2, -0.15) is 0 Å². The molecule has 5 rings (SSSR count). The summed E-state index contributed by atoms with van der Waals surface area (Å²) in [5, 5.41) is 23.3. The number of aromatic hydroxyl groups is 1. The number of carbonyl (C=O) groups excluding carboxylic acids is 1. The maximum atomic E-state index is 13.9. The van der Waals surface area contributed by atoms with E-state index in [1.165, 1.54) is 0 Å². The SMILES string of the molecule is CCCCN(CCCC[N+](C)(C)C)C(=O)CN1C[C@H](c2ccc3c(c2)CCO3)[C@@H](C(=O)O)[C@@H]1CCn1cc2ccccc2c1O. The minimum absolute atomic E-state index is 0.0698. The number of carbonyl (C=O) groups is 2. The van der Waals surface area contributed by atoms with E-state index in [-0.39, 0.29) is 30.3 Å². The molecular formula is C36H51N4O5+. The van der Waals surface area contributed by atoms with Crippen molar-refractivity contribution in [1.82, 2.24) is 14.4 Å². The van der Waals surface area contributed by atoms with Crippen LogP contribution in [0.3, 0.4) is 0 Å². The molecule has 0 bridgehead atoms. The number of unbranched alkanes of at least 4 members (excludes halogenated alkanes) is 2. The topological polar surface area (TPSA) is 95.2 Å². The van der Waals surface area contributed by atoms with Crippen LogP contribution in [0.25, 0.3) is 10.8 Å². The molecule has 1 amide bonds. The van der Waals surface area contributed by atoms with Crippen LogP contribution in [0.15, 0.2) is 48.7 Å². The number of carboxylic acid groups (broad SMARTS) is 1. The van der Waals surface area contributed by atoms with Gasteiger partial charge in [-0.05, 0) is 48.9 Å². The predicted molar refractivity (Wildman–Crippen MR) is 177 cm³/mol. The molecule has 3 heterocycles. The van der Waals surface area contributed by atoms with Crippen LogP contribution in [-0.4, -0.2) is 107 Å². The first-order valence-electron chi connectivity index (χ1n) is 16.6. The van der Waals surface area contributed by atoms with Crippen LogP contribution >= 0.6 is 0 Å². The summed E-state index contributed by atoms with van der Waals surface area (Å²) in [6.45, 7) is 6.42. The van der Waals surface area contributed by atoms with Gasteiger partial charge in [0, 0.05) is 61.5 Å². The molecule has 9 heteroatoms. The average Bonchev–Trinajstić information content (AvgIpc) is 3.70. The molecule has 45 heavy (non-hydrogen) atoms. The number of carboxylic acids is 1. The largest absolute Gasteiger partial charge is 0.494 e. The quantitative estimate of drug-likeness (QED) is 0.185. The number of ether oxygens (including phenoxy) is 1. The van der Waals surface area contributed by atoms with E-state index in [1.807, 2.05) is 52.1 Å². The molecule has 0 saturated carbocycles. The van der Waals surface area contributed by atoms with Crippen LogP contribution in [0.1, 0.15) is 56.1 Å². The maximum absolute atomic E-state index is 13.9. The number of quaternary nitrogens is 1. The molecule has 0 spiro atoms. The molecule has 244 valence electrons. The van der Waals surface area contributed by atoms with Crippen molar-refractivity contribution in [2.24, 2.45) is 5.92 Å². The van der Waals surface area contributed by atoms with Gasteiger partial charge in [0.2, 0.25) is 5.91 Å². The second kappa shape index (κ2) is 14.3. The van der Waals surface area contributed by atoms with E-state index in [0.717, 1.165) is 83.9 Å². The zero-order valence-corrected chi connectivity index (χ0v) is 27.5. The third-order valence-electron chi connectivity index (χ3n) is 9.59. The van der Waals surface area contributed by atoms with Gasteiger partial charge in [-0.1, -0.05) is 43.7 Å². The van der Waals surface area contributed by atoms with Gasteiger partial charge < -0.3 is 28.9 Å². The Hall–Kier alpha value is -3.56. The molecule has 3 atom stereocenters. The van der Waals surface area contributed by atoms with Gasteiger partial charge in [0.1, 0.15) is 5.75 Å². The number of benzene rings is 2. The van der Waals surface area contributed by atoms with Crippen molar-refractivity contribution in [2.45, 2.75) is 64.0 Å². The highest BCUT2D eigenvalue weighted by atomic mass is 16.5. The van der Waals surface area contributed by atoms with Gasteiger partial charge >= 0.3 is 5.97 Å². The van der Waals surface area contributed by atoms with E-state index in [4.69, 9.17) is 4.74 Å². The summed E-state index contributed by atoms with van der Waals surface area (Å²) in [6, 6.07) is 13.4. The van der Waals surface area contributed by atoms with E-state index in [0.29, 0.717) is 26.1 Å². The fourth-order valence-electron chi connectivity index (χ4n) is 7.14. The van der Waals surface area contributed by atoms with E-state index < -0.39 is 11.9 Å². The highest BCUT2D eigenvalue weighted by Crippen LogP contribution is 2.41. The van der Waals surface area contributed by atoms with Crippen molar-refractivity contribution in [2.75, 3.05) is 60.5 Å². The lowest BCUT2D eigenvalue weighted by Crippen LogP contribution is -2.45. The third kappa shape index (κ3) is 7.82. The van der Waals surface area contributed by atoms with E-state index >= 15 is 0 Å². The minimum atomic E-state index is -0.846. The van der Waals surface area contributed by atoms with Gasteiger partial charge in [0.25, 0.3) is 0 Å². The number of hydrogen-bond donors (Lipinski definition) is 2. The number of aryl methyl sites for hydroxylation is 1. The Kier molecular flexibility index (Phi) is 10.4. The maximum Gasteiger partial charge on any atom is 0.308 e. The minimum Gasteiger partial charge on any atom is -0.494 e. The molecule has 1 saturated heterocycles. The molecule has 2 aliphatic rings. The molecule has 2 aliphatic heterocycles. The summed E-state index contributed by atoms with van der Waals surface area (Å²) >= 11 is 0. The summed E-state index contributed by atoms with van der Waals surface area (Å²) < 4.78 is 8.43. The lowest BCUT2D eigenvalue weighted by atomic mass is 9.83. The number of amides is 1. The molecule has 1 fully saturated rings. The lowest BCUT2D eigenvalue weighted by Gasteiger charge is -2.30. The Balaban J connectivity index is 1.38. The van der Waals surface area contributed by atoms with Crippen molar-refractivity contribution in [3.05, 3.63) is 59.8 Å². The van der Waals surface area contributed by atoms with Crippen LogP contribution < -0.4 is 4.74 Å². The zero-order valence-electron chi connectivity index (χ0n) is 27.5. The van der Waals surface area contributed by atoms with Crippen molar-refractivity contribution >= 4 is 22.6 Å². The third-order valence-corrected chi connectivity index (χ3v) is 9.59. The van der Waals surface area contributed by atoms with Gasteiger partial charge in [0.05, 0.1) is 46.8 Å². The van der Waals surface area contributed by atoms with Gasteiger partial charge in [-0.25, -0.2) is 0 Å². The Labute approximate surface area is 267 Å². The second-order valence-electron chi connectivity index (χ2n) is 13.9. The highest BCUT2D eigenvalue weighted by molar-refractivity contribution is 5.87. The molecule has 0 radical (unpaired) electrons. The number of rotatable bonds is 15. The van der Waals surface area contributed by atoms with Crippen LogP contribution in [0.2, 0.25) is 0 Å².